The Hall–Kier alpha value is -6.83. The van der Waals surface area contributed by atoms with Gasteiger partial charge >= 0.3 is 0 Å². The number of aromatic nitrogens is 5. The molecule has 5 fully saturated rings. The molecule has 2 aromatic carbocycles. The van der Waals surface area contributed by atoms with Crippen LogP contribution in [0.3, 0.4) is 0 Å². The number of para-hydroxylation sites is 1. The molecule has 5 aliphatic rings. The van der Waals surface area contributed by atoms with Crippen LogP contribution in [0, 0.1) is 12.8 Å². The Bertz CT molecular complexity index is 2980. The van der Waals surface area contributed by atoms with Gasteiger partial charge in [-0.15, -0.1) is 21.5 Å². The maximum absolute atomic E-state index is 14.2. The maximum atomic E-state index is 14.2. The van der Waals surface area contributed by atoms with E-state index in [-0.39, 0.29) is 47.8 Å². The summed E-state index contributed by atoms with van der Waals surface area (Å²) >= 11 is 1.62. The highest BCUT2D eigenvalue weighted by Gasteiger charge is 2.43. The number of hydrogen-bond acceptors (Lipinski definition) is 17. The van der Waals surface area contributed by atoms with E-state index in [4.69, 9.17) is 24.5 Å². The minimum Gasteiger partial charge on any atom is -0.507 e. The molecule has 18 nitrogen and oxygen atoms in total. The minimum absolute atomic E-state index is 0.0782. The number of pyridine rings is 1. The second kappa shape index (κ2) is 23.0. The number of phenols is 1. The van der Waals surface area contributed by atoms with E-state index in [1.807, 2.05) is 69.7 Å². The van der Waals surface area contributed by atoms with Gasteiger partial charge in [0.2, 0.25) is 17.7 Å². The van der Waals surface area contributed by atoms with Crippen LogP contribution in [0.2, 0.25) is 0 Å². The third kappa shape index (κ3) is 11.6. The van der Waals surface area contributed by atoms with E-state index in [2.05, 4.69) is 69.6 Å². The van der Waals surface area contributed by atoms with E-state index in [9.17, 15) is 14.7 Å². The van der Waals surface area contributed by atoms with Gasteiger partial charge in [-0.05, 0) is 105 Å². The average molecular weight is 1070 g/mol. The molecular formula is C58H71N11O7S. The van der Waals surface area contributed by atoms with Gasteiger partial charge in [0, 0.05) is 93.8 Å². The molecule has 2 bridgehead atoms. The van der Waals surface area contributed by atoms with Crippen molar-refractivity contribution in [2.75, 3.05) is 61.4 Å². The van der Waals surface area contributed by atoms with E-state index in [1.165, 1.54) is 0 Å². The monoisotopic (exact) mass is 1070 g/mol. The van der Waals surface area contributed by atoms with Crippen molar-refractivity contribution >= 4 is 40.3 Å². The summed E-state index contributed by atoms with van der Waals surface area (Å²) in [5, 5.41) is 26.4. The standard InChI is InChI=1S/C58H71N11O7S/c1-35(2)54(58(72)68-23-7-10-48(68)57(71)62-36(3)38-12-14-39(15-13-38)55-37(4)61-34-77-55)51-31-53(65-76-51)73-26-8-22-66-24-19-43(20-25-66)74-44-28-45(29-44)75-52-27-40(18-21-60-52)69-41-16-17-42(69)33-67(32-41)49-30-47(63-64-56(49)59)46-9-5-6-11-50(46)70/h5-6,9,11-15,18,21,27,30-31,34-36,41-45,48,54,70H,7-8,10,16-17,19-20,22-26,28-29,32-33H2,1-4H3,(H2,59,64)(H,62,71)/t36-,41?,42?,44-,45-,48-,54+/m0/s1. The largest absolute Gasteiger partial charge is 0.507 e. The summed E-state index contributed by atoms with van der Waals surface area (Å²) in [6, 6.07) is 23.1. The predicted octanol–water partition coefficient (Wildman–Crippen LogP) is 8.57. The van der Waals surface area contributed by atoms with E-state index >= 15 is 0 Å². The number of aryl methyl sites for hydroxylation is 1. The van der Waals surface area contributed by atoms with Crippen LogP contribution in [0.4, 0.5) is 17.2 Å². The quantitative estimate of drug-likeness (QED) is 0.0649. The van der Waals surface area contributed by atoms with Gasteiger partial charge in [0.15, 0.2) is 11.6 Å². The number of nitrogens with two attached hydrogens (primary N) is 1. The number of fused-ring (bicyclic) bond motifs is 2. The fourth-order valence-corrected chi connectivity index (χ4v) is 12.9. The molecule has 11 rings (SSSR count). The molecule has 0 spiro atoms. The normalized spacial score (nSPS) is 22.5. The highest BCUT2D eigenvalue weighted by Crippen LogP contribution is 2.41. The topological polar surface area (TPSA) is 211 Å². The molecule has 5 atom stereocenters. The van der Waals surface area contributed by atoms with Gasteiger partial charge in [0.05, 0.1) is 52.3 Å². The number of anilines is 3. The molecule has 406 valence electrons. The van der Waals surface area contributed by atoms with Crippen LogP contribution in [-0.4, -0.2) is 134 Å². The Morgan fingerprint density at radius 3 is 2.40 bits per heavy atom. The summed E-state index contributed by atoms with van der Waals surface area (Å²) in [6.45, 7) is 13.4. The van der Waals surface area contributed by atoms with Gasteiger partial charge < -0.3 is 54.5 Å². The number of ether oxygens (including phenoxy) is 3. The lowest BCUT2D eigenvalue weighted by Crippen LogP contribution is -2.54. The second-order valence-corrected chi connectivity index (χ2v) is 22.7. The van der Waals surface area contributed by atoms with E-state index in [0.29, 0.717) is 66.3 Å². The number of rotatable bonds is 19. The first-order chi connectivity index (χ1) is 37.4. The second-order valence-electron chi connectivity index (χ2n) is 21.9. The number of carbonyl (C=O) groups excluding carboxylic acids is 2. The molecule has 2 unspecified atom stereocenters. The van der Waals surface area contributed by atoms with Crippen LogP contribution in [0.15, 0.2) is 89.0 Å². The van der Waals surface area contributed by atoms with Gasteiger partial charge in [-0.1, -0.05) is 50.2 Å². The zero-order valence-corrected chi connectivity index (χ0v) is 45.3. The summed E-state index contributed by atoms with van der Waals surface area (Å²) in [6.07, 6.45) is 10.4. The lowest BCUT2D eigenvalue weighted by Gasteiger charge is -2.43. The van der Waals surface area contributed by atoms with Crippen molar-refractivity contribution in [2.24, 2.45) is 5.92 Å². The smallest absolute Gasteiger partial charge is 0.254 e. The number of amides is 2. The molecular weight excluding hydrogens is 995 g/mol. The highest BCUT2D eigenvalue weighted by atomic mass is 32.1. The van der Waals surface area contributed by atoms with Crippen molar-refractivity contribution in [3.63, 3.8) is 0 Å². The molecule has 6 aromatic rings. The van der Waals surface area contributed by atoms with Gasteiger partial charge in [0.25, 0.3) is 5.88 Å². The van der Waals surface area contributed by atoms with Crippen LogP contribution in [0.25, 0.3) is 21.7 Å². The van der Waals surface area contributed by atoms with Crippen LogP contribution < -0.4 is 30.3 Å². The fraction of sp³-hybridized carbons (Fsp3) is 0.500. The number of nitrogens with zero attached hydrogens (tertiary/aromatic N) is 9. The highest BCUT2D eigenvalue weighted by molar-refractivity contribution is 7.13. The van der Waals surface area contributed by atoms with Gasteiger partial charge in [-0.2, -0.15) is 0 Å². The van der Waals surface area contributed by atoms with Crippen molar-refractivity contribution in [3.8, 4) is 39.2 Å². The van der Waals surface area contributed by atoms with Crippen molar-refractivity contribution in [2.45, 2.75) is 134 Å². The van der Waals surface area contributed by atoms with Crippen LogP contribution in [0.5, 0.6) is 17.5 Å². The molecule has 4 N–H and O–H groups in total. The molecule has 77 heavy (non-hydrogen) atoms. The van der Waals surface area contributed by atoms with Crippen molar-refractivity contribution in [3.05, 3.63) is 102 Å². The summed E-state index contributed by atoms with van der Waals surface area (Å²) in [5.41, 5.74) is 14.6. The average Bonchev–Trinajstić information content (AvgIpc) is 4.32. The number of aromatic hydroxyl groups is 1. The lowest BCUT2D eigenvalue weighted by molar-refractivity contribution is -0.141. The van der Waals surface area contributed by atoms with E-state index in [1.54, 1.807) is 34.4 Å². The first kappa shape index (κ1) is 52.2. The number of nitrogen functional groups attached to an aromatic ring is 1. The number of phenolic OH excluding ortho intramolecular Hbond substituents is 1. The zero-order chi connectivity index (χ0) is 53.2. The number of nitrogens with one attached hydrogen (secondary N) is 1. The molecule has 1 aliphatic carbocycles. The third-order valence-electron chi connectivity index (χ3n) is 16.3. The number of thiazole rings is 1. The Morgan fingerprint density at radius 1 is 0.883 bits per heavy atom. The fourth-order valence-electron chi connectivity index (χ4n) is 12.1. The van der Waals surface area contributed by atoms with Gasteiger partial charge in [-0.3, -0.25) is 9.59 Å². The van der Waals surface area contributed by atoms with Crippen LogP contribution >= 0.6 is 11.3 Å². The number of carbonyl (C=O) groups is 2. The zero-order valence-electron chi connectivity index (χ0n) is 44.5. The number of piperazine rings is 1. The molecule has 8 heterocycles. The molecule has 4 aliphatic heterocycles. The summed E-state index contributed by atoms with van der Waals surface area (Å²) in [5.74, 6) is 1.08. The van der Waals surface area contributed by atoms with Gasteiger partial charge in [0.1, 0.15) is 23.8 Å². The Kier molecular flexibility index (Phi) is 15.6. The SMILES string of the molecule is Cc1ncsc1-c1ccc([C@H](C)NC(=O)[C@@H]2CCCN2C(=O)[C@@H](c2cc(OCCCN3CCC(O[C@H]4C[C@H](Oc5cc(N6C7CCC6CN(c6cc(-c8ccccc8O)nnc6N)C7)ccn5)C4)CC3)no2)C(C)C)cc1. The maximum Gasteiger partial charge on any atom is 0.254 e. The molecule has 0 radical (unpaired) electrons. The van der Waals surface area contributed by atoms with Crippen molar-refractivity contribution in [1.29, 1.82) is 0 Å². The molecule has 2 amide bonds. The first-order valence-corrected chi connectivity index (χ1v) is 28.5. The molecule has 4 saturated heterocycles. The van der Waals surface area contributed by atoms with Crippen molar-refractivity contribution in [1.82, 2.24) is 40.4 Å². The Labute approximate surface area is 454 Å². The number of piperidine rings is 1. The van der Waals surface area contributed by atoms with Crippen LogP contribution in [-0.2, 0) is 14.3 Å². The molecule has 1 saturated carbocycles. The van der Waals surface area contributed by atoms with E-state index in [0.717, 1.165) is 117 Å². The molecule has 4 aromatic heterocycles. The Balaban J connectivity index is 0.584. The van der Waals surface area contributed by atoms with Crippen LogP contribution in [0.1, 0.15) is 108 Å². The number of benzene rings is 2. The summed E-state index contributed by atoms with van der Waals surface area (Å²) in [7, 11) is 0. The van der Waals surface area contributed by atoms with E-state index < -0.39 is 12.0 Å². The van der Waals surface area contributed by atoms with Gasteiger partial charge in [-0.25, -0.2) is 9.97 Å². The summed E-state index contributed by atoms with van der Waals surface area (Å²) < 4.78 is 24.8. The third-order valence-corrected chi connectivity index (χ3v) is 17.3. The lowest BCUT2D eigenvalue weighted by atomic mass is 9.91. The Morgan fingerprint density at radius 2 is 1.66 bits per heavy atom. The predicted molar refractivity (Wildman–Crippen MR) is 295 cm³/mol. The molecule has 19 heteroatoms. The number of hydrogen-bond donors (Lipinski definition) is 3. The minimum atomic E-state index is -0.591. The van der Waals surface area contributed by atoms with Crippen molar-refractivity contribution < 1.29 is 33.4 Å². The summed E-state index contributed by atoms with van der Waals surface area (Å²) in [4.78, 5) is 47.0. The first-order valence-electron chi connectivity index (χ1n) is 27.6. The number of likely N-dealkylation sites (tertiary alicyclic amines) is 2.